The van der Waals surface area contributed by atoms with Crippen LogP contribution in [0.2, 0.25) is 0 Å². The van der Waals surface area contributed by atoms with E-state index in [0.717, 1.165) is 8.95 Å². The third-order valence-electron chi connectivity index (χ3n) is 3.25. The maximum absolute atomic E-state index is 10.3. The van der Waals surface area contributed by atoms with Crippen LogP contribution in [0.1, 0.15) is 17.2 Å². The van der Waals surface area contributed by atoms with E-state index >= 15 is 0 Å². The van der Waals surface area contributed by atoms with Crippen LogP contribution in [-0.2, 0) is 6.61 Å². The molecule has 0 aliphatic rings. The van der Waals surface area contributed by atoms with Gasteiger partial charge in [-0.2, -0.15) is 0 Å². The summed E-state index contributed by atoms with van der Waals surface area (Å²) >= 11 is 6.78. The molecule has 0 saturated carbocycles. The zero-order chi connectivity index (χ0) is 17.0. The maximum Gasteiger partial charge on any atom is 0.184 e. The SMILES string of the molecule is COc1cc(CO)cc(N)c1OCC(O)c1cc(Br)ccc1Br. The molecule has 2 rings (SSSR count). The highest BCUT2D eigenvalue weighted by molar-refractivity contribution is 9.11. The molecule has 0 bridgehead atoms. The number of hydrogen-bond donors (Lipinski definition) is 3. The van der Waals surface area contributed by atoms with Crippen molar-refractivity contribution in [1.29, 1.82) is 0 Å². The average molecular weight is 447 g/mol. The Labute approximate surface area is 151 Å². The number of aliphatic hydroxyl groups is 2. The second kappa shape index (κ2) is 8.01. The van der Waals surface area contributed by atoms with Gasteiger partial charge in [-0.1, -0.05) is 31.9 Å². The van der Waals surface area contributed by atoms with Crippen molar-refractivity contribution in [2.45, 2.75) is 12.7 Å². The molecule has 2 aromatic rings. The summed E-state index contributed by atoms with van der Waals surface area (Å²) < 4.78 is 12.5. The zero-order valence-corrected chi connectivity index (χ0v) is 15.6. The van der Waals surface area contributed by atoms with Gasteiger partial charge in [0.2, 0.25) is 0 Å². The van der Waals surface area contributed by atoms with Crippen molar-refractivity contribution in [2.75, 3.05) is 19.5 Å². The molecule has 0 aliphatic heterocycles. The molecular formula is C16H17Br2NO4. The third kappa shape index (κ3) is 4.38. The molecule has 0 saturated heterocycles. The molecule has 0 fully saturated rings. The number of methoxy groups -OCH3 is 1. The van der Waals surface area contributed by atoms with Crippen molar-refractivity contribution in [3.63, 3.8) is 0 Å². The fourth-order valence-electron chi connectivity index (χ4n) is 2.10. The predicted molar refractivity (Wildman–Crippen MR) is 95.6 cm³/mol. The first kappa shape index (κ1) is 18.1. The molecule has 1 unspecified atom stereocenters. The highest BCUT2D eigenvalue weighted by Crippen LogP contribution is 2.36. The van der Waals surface area contributed by atoms with E-state index in [4.69, 9.17) is 15.2 Å². The quantitative estimate of drug-likeness (QED) is 0.592. The molecule has 23 heavy (non-hydrogen) atoms. The summed E-state index contributed by atoms with van der Waals surface area (Å²) in [5.41, 5.74) is 7.60. The summed E-state index contributed by atoms with van der Waals surface area (Å²) in [5.74, 6) is 0.754. The highest BCUT2D eigenvalue weighted by atomic mass is 79.9. The van der Waals surface area contributed by atoms with Gasteiger partial charge < -0.3 is 25.4 Å². The van der Waals surface area contributed by atoms with E-state index in [0.29, 0.717) is 28.3 Å². The predicted octanol–water partition coefficient (Wildman–Crippen LogP) is 3.41. The van der Waals surface area contributed by atoms with Crippen molar-refractivity contribution in [1.82, 2.24) is 0 Å². The van der Waals surface area contributed by atoms with Gasteiger partial charge in [-0.15, -0.1) is 0 Å². The van der Waals surface area contributed by atoms with Crippen molar-refractivity contribution in [2.24, 2.45) is 0 Å². The number of hydrogen-bond acceptors (Lipinski definition) is 5. The number of nitrogens with two attached hydrogens (primary N) is 1. The van der Waals surface area contributed by atoms with Gasteiger partial charge in [0.1, 0.15) is 12.7 Å². The summed E-state index contributed by atoms with van der Waals surface area (Å²) in [6.45, 7) is -0.136. The molecule has 124 valence electrons. The lowest BCUT2D eigenvalue weighted by molar-refractivity contribution is 0.106. The largest absolute Gasteiger partial charge is 0.493 e. The smallest absolute Gasteiger partial charge is 0.184 e. The lowest BCUT2D eigenvalue weighted by atomic mass is 10.1. The first-order valence-corrected chi connectivity index (χ1v) is 8.38. The lowest BCUT2D eigenvalue weighted by Gasteiger charge is -2.18. The Morgan fingerprint density at radius 1 is 1.22 bits per heavy atom. The Bertz CT molecular complexity index is 694. The van der Waals surface area contributed by atoms with Crippen LogP contribution in [0.4, 0.5) is 5.69 Å². The molecule has 2 aromatic carbocycles. The van der Waals surface area contributed by atoms with Gasteiger partial charge in [-0.25, -0.2) is 0 Å². The van der Waals surface area contributed by atoms with Crippen LogP contribution in [0.3, 0.4) is 0 Å². The van der Waals surface area contributed by atoms with Gasteiger partial charge in [-0.3, -0.25) is 0 Å². The van der Waals surface area contributed by atoms with Gasteiger partial charge in [0.25, 0.3) is 0 Å². The normalized spacial score (nSPS) is 12.0. The van der Waals surface area contributed by atoms with E-state index in [9.17, 15) is 10.2 Å². The molecule has 4 N–H and O–H groups in total. The number of nitrogen functional groups attached to an aromatic ring is 1. The Hall–Kier alpha value is -1.28. The van der Waals surface area contributed by atoms with Crippen molar-refractivity contribution < 1.29 is 19.7 Å². The van der Waals surface area contributed by atoms with E-state index in [-0.39, 0.29) is 13.2 Å². The molecule has 0 amide bonds. The molecule has 7 heteroatoms. The number of benzene rings is 2. The number of ether oxygens (including phenoxy) is 2. The van der Waals surface area contributed by atoms with E-state index in [2.05, 4.69) is 31.9 Å². The minimum Gasteiger partial charge on any atom is -0.493 e. The van der Waals surface area contributed by atoms with Crippen LogP contribution in [0.25, 0.3) is 0 Å². The van der Waals surface area contributed by atoms with Gasteiger partial charge >= 0.3 is 0 Å². The summed E-state index contributed by atoms with van der Waals surface area (Å²) in [4.78, 5) is 0. The first-order chi connectivity index (χ1) is 11.0. The van der Waals surface area contributed by atoms with E-state index in [1.165, 1.54) is 7.11 Å². The highest BCUT2D eigenvalue weighted by Gasteiger charge is 2.16. The van der Waals surface area contributed by atoms with Crippen LogP contribution in [0.5, 0.6) is 11.5 Å². The minimum atomic E-state index is -0.844. The molecular weight excluding hydrogens is 430 g/mol. The number of anilines is 1. The van der Waals surface area contributed by atoms with Gasteiger partial charge in [0.15, 0.2) is 11.5 Å². The van der Waals surface area contributed by atoms with Crippen LogP contribution in [0, 0.1) is 0 Å². The van der Waals surface area contributed by atoms with Gasteiger partial charge in [0.05, 0.1) is 19.4 Å². The topological polar surface area (TPSA) is 84.9 Å². The Kier molecular flexibility index (Phi) is 6.29. The number of aliphatic hydroxyl groups excluding tert-OH is 2. The summed E-state index contributed by atoms with van der Waals surface area (Å²) in [6, 6.07) is 8.78. The Morgan fingerprint density at radius 3 is 2.61 bits per heavy atom. The second-order valence-corrected chi connectivity index (χ2v) is 6.64. The number of halogens is 2. The average Bonchev–Trinajstić information content (AvgIpc) is 2.54. The maximum atomic E-state index is 10.3. The first-order valence-electron chi connectivity index (χ1n) is 6.79. The minimum absolute atomic E-state index is 0.00802. The van der Waals surface area contributed by atoms with Crippen LogP contribution >= 0.6 is 31.9 Å². The summed E-state index contributed by atoms with van der Waals surface area (Å²) in [5, 5.41) is 19.5. The lowest BCUT2D eigenvalue weighted by Crippen LogP contribution is -2.12. The van der Waals surface area contributed by atoms with E-state index in [1.807, 2.05) is 18.2 Å². The molecule has 0 aliphatic carbocycles. The van der Waals surface area contributed by atoms with E-state index < -0.39 is 6.10 Å². The Balaban J connectivity index is 2.18. The van der Waals surface area contributed by atoms with Gasteiger partial charge in [0, 0.05) is 8.95 Å². The van der Waals surface area contributed by atoms with Crippen molar-refractivity contribution >= 4 is 37.5 Å². The molecule has 0 aromatic heterocycles. The Morgan fingerprint density at radius 2 is 1.96 bits per heavy atom. The molecule has 5 nitrogen and oxygen atoms in total. The fraction of sp³-hybridized carbons (Fsp3) is 0.250. The van der Waals surface area contributed by atoms with E-state index in [1.54, 1.807) is 12.1 Å². The second-order valence-electron chi connectivity index (χ2n) is 4.87. The van der Waals surface area contributed by atoms with Crippen LogP contribution < -0.4 is 15.2 Å². The third-order valence-corrected chi connectivity index (χ3v) is 4.46. The zero-order valence-electron chi connectivity index (χ0n) is 12.4. The molecule has 1 atom stereocenters. The van der Waals surface area contributed by atoms with Crippen molar-refractivity contribution in [3.05, 3.63) is 50.4 Å². The molecule has 0 heterocycles. The van der Waals surface area contributed by atoms with Crippen LogP contribution in [-0.4, -0.2) is 23.9 Å². The fourth-order valence-corrected chi connectivity index (χ4v) is 2.99. The summed E-state index contributed by atoms with van der Waals surface area (Å²) in [6.07, 6.45) is -0.844. The van der Waals surface area contributed by atoms with Gasteiger partial charge in [-0.05, 0) is 41.5 Å². The molecule has 0 radical (unpaired) electrons. The standard InChI is InChI=1S/C16H17Br2NO4/c1-22-15-5-9(7-20)4-13(19)16(15)23-8-14(21)11-6-10(17)2-3-12(11)18/h2-6,14,20-21H,7-8,19H2,1H3. The number of rotatable bonds is 6. The van der Waals surface area contributed by atoms with Crippen molar-refractivity contribution in [3.8, 4) is 11.5 Å². The summed E-state index contributed by atoms with van der Waals surface area (Å²) in [7, 11) is 1.49. The van der Waals surface area contributed by atoms with Crippen LogP contribution in [0.15, 0.2) is 39.3 Å². The monoisotopic (exact) mass is 445 g/mol. The molecule has 0 spiro atoms.